The van der Waals surface area contributed by atoms with Crippen LogP contribution < -0.4 is 4.74 Å². The summed E-state index contributed by atoms with van der Waals surface area (Å²) in [6, 6.07) is 7.72. The first-order valence-corrected chi connectivity index (χ1v) is 3.20. The van der Waals surface area contributed by atoms with Crippen molar-refractivity contribution in [1.82, 2.24) is 0 Å². The van der Waals surface area contributed by atoms with E-state index in [2.05, 4.69) is 0 Å². The second-order valence-electron chi connectivity index (χ2n) is 2.05. The van der Waals surface area contributed by atoms with Crippen LogP contribution in [0.3, 0.4) is 0 Å². The van der Waals surface area contributed by atoms with Crippen LogP contribution in [0.25, 0.3) is 0 Å². The minimum absolute atomic E-state index is 0. The summed E-state index contributed by atoms with van der Waals surface area (Å²) in [5.74, 6) is 0.872. The van der Waals surface area contributed by atoms with Gasteiger partial charge in [0, 0.05) is 27.3 Å². The zero-order valence-corrected chi connectivity index (χ0v) is 10.7. The van der Waals surface area contributed by atoms with Gasteiger partial charge in [-0.15, -0.1) is 0 Å². The molecule has 0 aliphatic carbocycles. The molecule has 0 unspecified atom stereocenters. The molecule has 2 radical (unpaired) electrons. The molecule has 3 heteroatoms. The largest absolute Gasteiger partial charge is 0.497 e. The zero-order valence-electron chi connectivity index (χ0n) is 6.71. The molecule has 0 amide bonds. The van der Waals surface area contributed by atoms with Crippen LogP contribution in [0.2, 0.25) is 0 Å². The molecule has 0 spiro atoms. The van der Waals surface area contributed by atoms with E-state index in [1.807, 2.05) is 24.3 Å². The van der Waals surface area contributed by atoms with E-state index in [1.54, 1.807) is 7.11 Å². The van der Waals surface area contributed by atoms with Crippen molar-refractivity contribution in [1.29, 1.82) is 0 Å². The van der Waals surface area contributed by atoms with Crippen LogP contribution in [-0.2, 0) is 33.6 Å². The van der Waals surface area contributed by atoms with Crippen molar-refractivity contribution in [3.05, 3.63) is 29.8 Å². The van der Waals surface area contributed by atoms with E-state index in [-0.39, 0.29) is 27.3 Å². The normalized spacial score (nSPS) is 8.45. The van der Waals surface area contributed by atoms with Crippen molar-refractivity contribution in [3.63, 3.8) is 0 Å². The molecule has 1 rings (SSSR count). The average Bonchev–Trinajstić information content (AvgIpc) is 2.05. The summed E-state index contributed by atoms with van der Waals surface area (Å²) in [5.41, 5.74) is 1.13. The fourth-order valence-electron chi connectivity index (χ4n) is 0.762. The van der Waals surface area contributed by atoms with Gasteiger partial charge >= 0.3 is 0 Å². The molecule has 0 N–H and O–H groups in total. The maximum Gasteiger partial charge on any atom is 0.118 e. The second-order valence-corrected chi connectivity index (χ2v) is 2.05. The molecule has 0 aromatic heterocycles. The van der Waals surface area contributed by atoms with E-state index < -0.39 is 0 Å². The van der Waals surface area contributed by atoms with Crippen LogP contribution >= 0.6 is 0 Å². The van der Waals surface area contributed by atoms with E-state index in [9.17, 15) is 0 Å². The van der Waals surface area contributed by atoms with Crippen molar-refractivity contribution in [3.8, 4) is 5.75 Å². The van der Waals surface area contributed by atoms with Gasteiger partial charge in [0.05, 0.1) is 15.0 Å². The molecule has 0 atom stereocenters. The van der Waals surface area contributed by atoms with E-state index in [4.69, 9.17) is 12.6 Å². The Kier molecular flexibility index (Phi) is 5.63. The van der Waals surface area contributed by atoms with Crippen molar-refractivity contribution in [2.45, 2.75) is 6.32 Å². The van der Waals surface area contributed by atoms with Gasteiger partial charge in [-0.25, -0.2) is 0 Å². The Labute approximate surface area is 88.7 Å². The number of hydrogen-bond acceptors (Lipinski definition) is 1. The quantitative estimate of drug-likeness (QED) is 0.714. The number of ether oxygens (including phenoxy) is 1. The monoisotopic (exact) mass is 246 g/mol. The van der Waals surface area contributed by atoms with Crippen LogP contribution in [0.5, 0.6) is 5.75 Å². The molecule has 1 nitrogen and oxygen atoms in total. The SMILES string of the molecule is [B]Cc1ccc(OC)cc1.[Cd]. The van der Waals surface area contributed by atoms with Crippen molar-refractivity contribution >= 4 is 7.85 Å². The summed E-state index contributed by atoms with van der Waals surface area (Å²) in [6.45, 7) is 0. The van der Waals surface area contributed by atoms with Gasteiger partial charge < -0.3 is 4.74 Å². The Morgan fingerprint density at radius 3 is 2.18 bits per heavy atom. The van der Waals surface area contributed by atoms with Crippen molar-refractivity contribution in [2.24, 2.45) is 0 Å². The first kappa shape index (κ1) is 11.0. The third-order valence-corrected chi connectivity index (χ3v) is 1.39. The van der Waals surface area contributed by atoms with E-state index in [1.165, 1.54) is 0 Å². The number of methoxy groups -OCH3 is 1. The standard InChI is InChI=1S/C8H9BO.Cd/c1-10-8-4-2-7(6-9)3-5-8;/h2-5H,6H2,1H3;. The van der Waals surface area contributed by atoms with Crippen LogP contribution in [0.1, 0.15) is 5.56 Å². The molecular weight excluding hydrogens is 235 g/mol. The van der Waals surface area contributed by atoms with Crippen LogP contribution in [-0.4, -0.2) is 15.0 Å². The molecule has 0 saturated carbocycles. The second kappa shape index (κ2) is 5.63. The fourth-order valence-corrected chi connectivity index (χ4v) is 0.762. The Balaban J connectivity index is 0.000001000. The van der Waals surface area contributed by atoms with E-state index in [0.717, 1.165) is 11.3 Å². The van der Waals surface area contributed by atoms with Crippen LogP contribution in [0.15, 0.2) is 24.3 Å². The molecule has 0 saturated heterocycles. The summed E-state index contributed by atoms with van der Waals surface area (Å²) in [6.07, 6.45) is 0.587. The number of hydrogen-bond donors (Lipinski definition) is 0. The van der Waals surface area contributed by atoms with Gasteiger partial charge in [0.1, 0.15) is 5.75 Å². The van der Waals surface area contributed by atoms with Gasteiger partial charge in [0.2, 0.25) is 0 Å². The minimum Gasteiger partial charge on any atom is -0.497 e. The Morgan fingerprint density at radius 1 is 1.27 bits per heavy atom. The summed E-state index contributed by atoms with van der Waals surface area (Å²) in [5, 5.41) is 0. The van der Waals surface area contributed by atoms with Crippen LogP contribution in [0.4, 0.5) is 0 Å². The Hall–Kier alpha value is 0.00701. The molecule has 1 aromatic rings. The predicted octanol–water partition coefficient (Wildman–Crippen LogP) is 1.36. The predicted molar refractivity (Wildman–Crippen MR) is 42.5 cm³/mol. The Bertz CT molecular complexity index is 175. The van der Waals surface area contributed by atoms with Gasteiger partial charge in [0.15, 0.2) is 0 Å². The molecular formula is C8H9BCdO. The smallest absolute Gasteiger partial charge is 0.118 e. The molecule has 11 heavy (non-hydrogen) atoms. The minimum atomic E-state index is 0. The molecule has 0 fully saturated rings. The average molecular weight is 244 g/mol. The third-order valence-electron chi connectivity index (χ3n) is 1.39. The third kappa shape index (κ3) is 3.27. The van der Waals surface area contributed by atoms with Gasteiger partial charge in [-0.3, -0.25) is 0 Å². The van der Waals surface area contributed by atoms with Gasteiger partial charge in [-0.05, 0) is 12.1 Å². The van der Waals surface area contributed by atoms with Gasteiger partial charge in [-0.1, -0.05) is 24.0 Å². The summed E-state index contributed by atoms with van der Waals surface area (Å²) < 4.78 is 4.97. The molecule has 1 aromatic carbocycles. The first-order chi connectivity index (χ1) is 4.86. The summed E-state index contributed by atoms with van der Waals surface area (Å²) >= 11 is 0. The topological polar surface area (TPSA) is 9.23 Å². The molecule has 0 bridgehead atoms. The van der Waals surface area contributed by atoms with E-state index >= 15 is 0 Å². The van der Waals surface area contributed by atoms with Gasteiger partial charge in [-0.2, -0.15) is 0 Å². The summed E-state index contributed by atoms with van der Waals surface area (Å²) in [7, 11) is 7.05. The zero-order chi connectivity index (χ0) is 7.40. The maximum absolute atomic E-state index is 5.40. The first-order valence-electron chi connectivity index (χ1n) is 3.20. The molecule has 0 heterocycles. The fraction of sp³-hybridized carbons (Fsp3) is 0.250. The molecule has 0 aliphatic heterocycles. The molecule has 0 aliphatic rings. The van der Waals surface area contributed by atoms with Crippen molar-refractivity contribution < 1.29 is 32.0 Å². The summed E-state index contributed by atoms with van der Waals surface area (Å²) in [4.78, 5) is 0. The number of rotatable bonds is 2. The maximum atomic E-state index is 5.40. The van der Waals surface area contributed by atoms with E-state index in [0.29, 0.717) is 6.32 Å². The Morgan fingerprint density at radius 2 is 1.82 bits per heavy atom. The van der Waals surface area contributed by atoms with Gasteiger partial charge in [0.25, 0.3) is 0 Å². The van der Waals surface area contributed by atoms with Crippen LogP contribution in [0, 0.1) is 0 Å². The van der Waals surface area contributed by atoms with Crippen molar-refractivity contribution in [2.75, 3.05) is 7.11 Å². The molecule has 52 valence electrons. The number of benzene rings is 1.